The maximum absolute atomic E-state index is 11.5. The fourth-order valence-electron chi connectivity index (χ4n) is 3.36. The molecule has 18 heavy (non-hydrogen) atoms. The van der Waals surface area contributed by atoms with E-state index in [0.29, 0.717) is 17.7 Å². The SMILES string of the molecule is CC1(C)Cc2[nH]c(=O)nc(C(=O)O)c2C(C)(C)C1. The van der Waals surface area contributed by atoms with Crippen LogP contribution in [0, 0.1) is 5.41 Å². The standard InChI is InChI=1S/C13H18N2O3/c1-12(2)5-7-8(13(3,4)6-12)9(10(16)17)15-11(18)14-7/h5-6H2,1-4H3,(H,16,17)(H,14,15,18). The minimum absolute atomic E-state index is 0.0383. The Morgan fingerprint density at radius 3 is 2.50 bits per heavy atom. The highest BCUT2D eigenvalue weighted by Crippen LogP contribution is 2.45. The second kappa shape index (κ2) is 3.67. The predicted octanol–water partition coefficient (Wildman–Crippen LogP) is 1.72. The van der Waals surface area contributed by atoms with Crippen LogP contribution in [0.25, 0.3) is 0 Å². The zero-order valence-electron chi connectivity index (χ0n) is 11.1. The van der Waals surface area contributed by atoms with Gasteiger partial charge in [-0.05, 0) is 23.7 Å². The van der Waals surface area contributed by atoms with Crippen LogP contribution in [0.4, 0.5) is 0 Å². The second-order valence-corrected chi connectivity index (χ2v) is 6.45. The summed E-state index contributed by atoms with van der Waals surface area (Å²) in [4.78, 5) is 29.0. The average Bonchev–Trinajstić information content (AvgIpc) is 2.11. The number of carboxylic acids is 1. The zero-order chi connectivity index (χ0) is 13.7. The number of H-pyrrole nitrogens is 1. The number of fused-ring (bicyclic) bond motifs is 1. The van der Waals surface area contributed by atoms with Crippen molar-refractivity contribution < 1.29 is 9.90 Å². The summed E-state index contributed by atoms with van der Waals surface area (Å²) in [5, 5.41) is 9.21. The van der Waals surface area contributed by atoms with Gasteiger partial charge in [0.1, 0.15) is 0 Å². The lowest BCUT2D eigenvalue weighted by Crippen LogP contribution is -2.39. The molecule has 1 heterocycles. The van der Waals surface area contributed by atoms with Crippen molar-refractivity contribution in [3.8, 4) is 0 Å². The van der Waals surface area contributed by atoms with Gasteiger partial charge in [-0.3, -0.25) is 0 Å². The van der Waals surface area contributed by atoms with Gasteiger partial charge < -0.3 is 10.1 Å². The molecule has 0 saturated heterocycles. The van der Waals surface area contributed by atoms with Gasteiger partial charge in [0.15, 0.2) is 5.69 Å². The number of nitrogens with one attached hydrogen (secondary N) is 1. The molecule has 5 nitrogen and oxygen atoms in total. The van der Waals surface area contributed by atoms with Gasteiger partial charge in [-0.25, -0.2) is 9.59 Å². The van der Waals surface area contributed by atoms with Crippen LogP contribution < -0.4 is 5.69 Å². The summed E-state index contributed by atoms with van der Waals surface area (Å²) >= 11 is 0. The van der Waals surface area contributed by atoms with E-state index in [0.717, 1.165) is 6.42 Å². The molecule has 0 unspecified atom stereocenters. The lowest BCUT2D eigenvalue weighted by atomic mass is 9.63. The van der Waals surface area contributed by atoms with Crippen molar-refractivity contribution in [1.82, 2.24) is 9.97 Å². The molecule has 2 N–H and O–H groups in total. The molecule has 0 fully saturated rings. The fraction of sp³-hybridized carbons (Fsp3) is 0.615. The van der Waals surface area contributed by atoms with Crippen molar-refractivity contribution in [2.75, 3.05) is 0 Å². The molecule has 0 aliphatic heterocycles. The average molecular weight is 250 g/mol. The number of aromatic carboxylic acids is 1. The Morgan fingerprint density at radius 1 is 1.33 bits per heavy atom. The van der Waals surface area contributed by atoms with Crippen LogP contribution in [0.5, 0.6) is 0 Å². The third kappa shape index (κ3) is 2.05. The van der Waals surface area contributed by atoms with E-state index >= 15 is 0 Å². The molecule has 0 spiro atoms. The van der Waals surface area contributed by atoms with Gasteiger partial charge in [-0.2, -0.15) is 4.98 Å². The molecule has 1 aromatic rings. The summed E-state index contributed by atoms with van der Waals surface area (Å²) in [6.45, 7) is 8.24. The van der Waals surface area contributed by atoms with Crippen LogP contribution in [0.15, 0.2) is 4.79 Å². The van der Waals surface area contributed by atoms with Gasteiger partial charge in [0.25, 0.3) is 0 Å². The number of aromatic amines is 1. The Hall–Kier alpha value is -1.65. The van der Waals surface area contributed by atoms with Crippen molar-refractivity contribution in [2.45, 2.75) is 46.0 Å². The van der Waals surface area contributed by atoms with E-state index in [1.165, 1.54) is 0 Å². The molecular formula is C13H18N2O3. The molecule has 0 atom stereocenters. The topological polar surface area (TPSA) is 83.0 Å². The number of nitrogens with zero attached hydrogens (tertiary/aromatic N) is 1. The van der Waals surface area contributed by atoms with Gasteiger partial charge in [0.05, 0.1) is 0 Å². The van der Waals surface area contributed by atoms with Crippen LogP contribution in [-0.4, -0.2) is 21.0 Å². The number of carbonyl (C=O) groups is 1. The molecule has 0 saturated carbocycles. The smallest absolute Gasteiger partial charge is 0.355 e. The van der Waals surface area contributed by atoms with Gasteiger partial charge in [0.2, 0.25) is 0 Å². The summed E-state index contributed by atoms with van der Waals surface area (Å²) < 4.78 is 0. The van der Waals surface area contributed by atoms with Crippen LogP contribution in [0.1, 0.15) is 55.9 Å². The molecule has 0 amide bonds. The minimum atomic E-state index is -1.13. The van der Waals surface area contributed by atoms with Crippen molar-refractivity contribution in [3.05, 3.63) is 27.4 Å². The lowest BCUT2D eigenvalue weighted by molar-refractivity contribution is 0.0683. The van der Waals surface area contributed by atoms with E-state index in [1.807, 2.05) is 13.8 Å². The maximum Gasteiger partial charge on any atom is 0.355 e. The lowest BCUT2D eigenvalue weighted by Gasteiger charge is -2.42. The molecule has 0 aromatic carbocycles. The summed E-state index contributed by atoms with van der Waals surface area (Å²) in [7, 11) is 0. The van der Waals surface area contributed by atoms with Gasteiger partial charge in [-0.1, -0.05) is 27.7 Å². The van der Waals surface area contributed by atoms with Gasteiger partial charge in [0, 0.05) is 11.3 Å². The Morgan fingerprint density at radius 2 is 1.94 bits per heavy atom. The molecule has 5 heteroatoms. The van der Waals surface area contributed by atoms with E-state index in [4.69, 9.17) is 0 Å². The Balaban J connectivity index is 2.76. The van der Waals surface area contributed by atoms with Crippen LogP contribution in [0.2, 0.25) is 0 Å². The van der Waals surface area contributed by atoms with E-state index in [1.54, 1.807) is 0 Å². The first-order valence-corrected chi connectivity index (χ1v) is 5.99. The van der Waals surface area contributed by atoms with Crippen LogP contribution >= 0.6 is 0 Å². The summed E-state index contributed by atoms with van der Waals surface area (Å²) in [6.07, 6.45) is 1.53. The second-order valence-electron chi connectivity index (χ2n) is 6.45. The molecule has 2 rings (SSSR count). The monoisotopic (exact) mass is 250 g/mol. The third-order valence-electron chi connectivity index (χ3n) is 3.46. The Labute approximate surface area is 105 Å². The Bertz CT molecular complexity index is 570. The minimum Gasteiger partial charge on any atom is -0.476 e. The summed E-state index contributed by atoms with van der Waals surface area (Å²) in [5.41, 5.74) is 0.440. The number of carboxylic acid groups (broad SMARTS) is 1. The molecular weight excluding hydrogens is 232 g/mol. The first kappa shape index (κ1) is 12.8. The van der Waals surface area contributed by atoms with Crippen molar-refractivity contribution in [3.63, 3.8) is 0 Å². The maximum atomic E-state index is 11.5. The molecule has 0 radical (unpaired) electrons. The number of aromatic nitrogens is 2. The molecule has 1 aliphatic rings. The summed E-state index contributed by atoms with van der Waals surface area (Å²) in [5.74, 6) is -1.13. The zero-order valence-corrected chi connectivity index (χ0v) is 11.1. The van der Waals surface area contributed by atoms with Crippen LogP contribution in [-0.2, 0) is 11.8 Å². The largest absolute Gasteiger partial charge is 0.476 e. The first-order valence-electron chi connectivity index (χ1n) is 5.99. The third-order valence-corrected chi connectivity index (χ3v) is 3.46. The number of rotatable bonds is 1. The highest BCUT2D eigenvalue weighted by atomic mass is 16.4. The van der Waals surface area contributed by atoms with E-state index in [2.05, 4.69) is 23.8 Å². The molecule has 1 aromatic heterocycles. The van der Waals surface area contributed by atoms with E-state index in [9.17, 15) is 14.7 Å². The van der Waals surface area contributed by atoms with Crippen LogP contribution in [0.3, 0.4) is 0 Å². The number of hydrogen-bond donors (Lipinski definition) is 2. The number of hydrogen-bond acceptors (Lipinski definition) is 3. The fourth-order valence-corrected chi connectivity index (χ4v) is 3.36. The van der Waals surface area contributed by atoms with Gasteiger partial charge >= 0.3 is 11.7 Å². The first-order chi connectivity index (χ1) is 8.12. The van der Waals surface area contributed by atoms with Gasteiger partial charge in [-0.15, -0.1) is 0 Å². The molecule has 1 aliphatic carbocycles. The molecule has 0 bridgehead atoms. The molecule has 98 valence electrons. The Kier molecular flexibility index (Phi) is 2.61. The van der Waals surface area contributed by atoms with E-state index < -0.39 is 11.7 Å². The highest BCUT2D eigenvalue weighted by Gasteiger charge is 2.41. The quantitative estimate of drug-likeness (QED) is 0.795. The normalized spacial score (nSPS) is 20.2. The highest BCUT2D eigenvalue weighted by molar-refractivity contribution is 5.87. The van der Waals surface area contributed by atoms with Crippen molar-refractivity contribution >= 4 is 5.97 Å². The van der Waals surface area contributed by atoms with E-state index in [-0.39, 0.29) is 16.5 Å². The summed E-state index contributed by atoms with van der Waals surface area (Å²) in [6, 6.07) is 0. The predicted molar refractivity (Wildman–Crippen MR) is 66.9 cm³/mol. The van der Waals surface area contributed by atoms with Crippen molar-refractivity contribution in [2.24, 2.45) is 5.41 Å². The van der Waals surface area contributed by atoms with Crippen molar-refractivity contribution in [1.29, 1.82) is 0 Å².